The highest BCUT2D eigenvalue weighted by Gasteiger charge is 2.29. The fraction of sp³-hybridized carbons (Fsp3) is 0.600. The van der Waals surface area contributed by atoms with Crippen LogP contribution in [0.4, 0.5) is 0 Å². The lowest BCUT2D eigenvalue weighted by atomic mass is 9.93. The van der Waals surface area contributed by atoms with E-state index in [0.717, 1.165) is 30.7 Å². The van der Waals surface area contributed by atoms with Crippen molar-refractivity contribution in [3.05, 3.63) is 34.9 Å². The molecule has 0 spiro atoms. The lowest BCUT2D eigenvalue weighted by Gasteiger charge is -2.31. The minimum Gasteiger partial charge on any atom is -0.307 e. The normalized spacial score (nSPS) is 25.4. The molecule has 1 aromatic carbocycles. The monoisotopic (exact) mass is 315 g/mol. The van der Waals surface area contributed by atoms with Crippen molar-refractivity contribution in [1.82, 2.24) is 5.32 Å². The fourth-order valence-electron chi connectivity index (χ4n) is 2.89. The standard InChI is InChI=1S/C15H22ClNO2S/c1-11(12-6-8-13(16)9-7-12)17-14-4-3-5-15(10-14)20(2,18)19/h6-9,11,14-15,17H,3-5,10H2,1-2H3/t11-,14?,15?/m1/s1. The van der Waals surface area contributed by atoms with Gasteiger partial charge in [0.15, 0.2) is 0 Å². The van der Waals surface area contributed by atoms with Crippen LogP contribution in [0.5, 0.6) is 0 Å². The van der Waals surface area contributed by atoms with Gasteiger partial charge in [0.2, 0.25) is 0 Å². The van der Waals surface area contributed by atoms with Crippen LogP contribution in [-0.2, 0) is 9.84 Å². The summed E-state index contributed by atoms with van der Waals surface area (Å²) in [4.78, 5) is 0. The molecule has 20 heavy (non-hydrogen) atoms. The summed E-state index contributed by atoms with van der Waals surface area (Å²) < 4.78 is 23.4. The molecular weight excluding hydrogens is 294 g/mol. The molecule has 1 aromatic rings. The van der Waals surface area contributed by atoms with Crippen LogP contribution < -0.4 is 5.32 Å². The molecule has 2 unspecified atom stereocenters. The van der Waals surface area contributed by atoms with E-state index in [1.54, 1.807) is 0 Å². The van der Waals surface area contributed by atoms with Gasteiger partial charge in [-0.05, 0) is 43.9 Å². The van der Waals surface area contributed by atoms with E-state index in [1.807, 2.05) is 24.3 Å². The number of hydrogen-bond donors (Lipinski definition) is 1. The van der Waals surface area contributed by atoms with Crippen LogP contribution >= 0.6 is 11.6 Å². The zero-order chi connectivity index (χ0) is 14.8. The molecule has 0 bridgehead atoms. The highest BCUT2D eigenvalue weighted by molar-refractivity contribution is 7.91. The predicted octanol–water partition coefficient (Wildman–Crippen LogP) is 3.35. The van der Waals surface area contributed by atoms with Crippen LogP contribution in [0.2, 0.25) is 5.02 Å². The Bertz CT molecular complexity index is 541. The second-order valence-corrected chi connectivity index (χ2v) is 8.52. The number of hydrogen-bond acceptors (Lipinski definition) is 3. The lowest BCUT2D eigenvalue weighted by Crippen LogP contribution is -2.39. The SMILES string of the molecule is C[C@@H](NC1CCCC(S(C)(=O)=O)C1)c1ccc(Cl)cc1. The van der Waals surface area contributed by atoms with Crippen LogP contribution in [-0.4, -0.2) is 26.0 Å². The zero-order valence-electron chi connectivity index (χ0n) is 12.0. The van der Waals surface area contributed by atoms with Gasteiger partial charge in [-0.1, -0.05) is 30.2 Å². The molecule has 112 valence electrons. The van der Waals surface area contributed by atoms with Crippen molar-refractivity contribution >= 4 is 21.4 Å². The predicted molar refractivity (Wildman–Crippen MR) is 83.9 cm³/mol. The first-order valence-corrected chi connectivity index (χ1v) is 9.40. The van der Waals surface area contributed by atoms with Gasteiger partial charge in [-0.3, -0.25) is 0 Å². The summed E-state index contributed by atoms with van der Waals surface area (Å²) in [6.45, 7) is 2.10. The molecule has 0 radical (unpaired) electrons. The van der Waals surface area contributed by atoms with Gasteiger partial charge >= 0.3 is 0 Å². The molecule has 1 fully saturated rings. The maximum Gasteiger partial charge on any atom is 0.150 e. The van der Waals surface area contributed by atoms with Gasteiger partial charge in [-0.2, -0.15) is 0 Å². The van der Waals surface area contributed by atoms with Crippen LogP contribution in [0.1, 0.15) is 44.2 Å². The Labute approximate surface area is 126 Å². The van der Waals surface area contributed by atoms with Crippen LogP contribution in [0.15, 0.2) is 24.3 Å². The molecule has 1 saturated carbocycles. The molecule has 3 atom stereocenters. The smallest absolute Gasteiger partial charge is 0.150 e. The molecular formula is C15H22ClNO2S. The van der Waals surface area contributed by atoms with E-state index in [2.05, 4.69) is 12.2 Å². The highest BCUT2D eigenvalue weighted by Crippen LogP contribution is 2.26. The van der Waals surface area contributed by atoms with E-state index in [-0.39, 0.29) is 17.3 Å². The van der Waals surface area contributed by atoms with Crippen molar-refractivity contribution in [2.75, 3.05) is 6.26 Å². The van der Waals surface area contributed by atoms with E-state index < -0.39 is 9.84 Å². The summed E-state index contributed by atoms with van der Waals surface area (Å²) in [6.07, 6.45) is 4.89. The van der Waals surface area contributed by atoms with E-state index in [1.165, 1.54) is 11.8 Å². The molecule has 0 heterocycles. The molecule has 1 aliphatic rings. The van der Waals surface area contributed by atoms with E-state index in [0.29, 0.717) is 0 Å². The van der Waals surface area contributed by atoms with Crippen molar-refractivity contribution in [2.24, 2.45) is 0 Å². The van der Waals surface area contributed by atoms with Crippen molar-refractivity contribution in [3.63, 3.8) is 0 Å². The Hall–Kier alpha value is -0.580. The first kappa shape index (κ1) is 15.8. The van der Waals surface area contributed by atoms with Gasteiger partial charge < -0.3 is 5.32 Å². The lowest BCUT2D eigenvalue weighted by molar-refractivity contribution is 0.346. The Morgan fingerprint density at radius 3 is 2.50 bits per heavy atom. The Kier molecular flexibility index (Phi) is 5.10. The minimum atomic E-state index is -2.92. The molecule has 0 saturated heterocycles. The van der Waals surface area contributed by atoms with Gasteiger partial charge in [-0.15, -0.1) is 0 Å². The summed E-state index contributed by atoms with van der Waals surface area (Å²) in [5.74, 6) is 0. The average Bonchev–Trinajstić information content (AvgIpc) is 2.38. The molecule has 5 heteroatoms. The first-order chi connectivity index (χ1) is 9.36. The number of sulfone groups is 1. The van der Waals surface area contributed by atoms with Crippen molar-refractivity contribution in [3.8, 4) is 0 Å². The summed E-state index contributed by atoms with van der Waals surface area (Å²) in [5.41, 5.74) is 1.18. The largest absolute Gasteiger partial charge is 0.307 e. The van der Waals surface area contributed by atoms with Gasteiger partial charge in [-0.25, -0.2) is 8.42 Å². The van der Waals surface area contributed by atoms with Gasteiger partial charge in [0.25, 0.3) is 0 Å². The van der Waals surface area contributed by atoms with Crippen molar-refractivity contribution in [2.45, 2.75) is 49.9 Å². The summed E-state index contributed by atoms with van der Waals surface area (Å²) in [5, 5.41) is 4.09. The highest BCUT2D eigenvalue weighted by atomic mass is 35.5. The van der Waals surface area contributed by atoms with E-state index in [9.17, 15) is 8.42 Å². The molecule has 1 N–H and O–H groups in total. The summed E-state index contributed by atoms with van der Waals surface area (Å²) >= 11 is 5.89. The molecule has 0 aromatic heterocycles. The van der Waals surface area contributed by atoms with Gasteiger partial charge in [0.05, 0.1) is 5.25 Å². The molecule has 2 rings (SSSR count). The van der Waals surface area contributed by atoms with Crippen LogP contribution in [0, 0.1) is 0 Å². The second-order valence-electron chi connectivity index (χ2n) is 5.75. The van der Waals surface area contributed by atoms with Gasteiger partial charge in [0, 0.05) is 23.4 Å². The minimum absolute atomic E-state index is 0.189. The number of nitrogens with one attached hydrogen (secondary N) is 1. The number of halogens is 1. The quantitative estimate of drug-likeness (QED) is 0.927. The third-order valence-corrected chi connectivity index (χ3v) is 5.98. The Morgan fingerprint density at radius 2 is 1.90 bits per heavy atom. The second kappa shape index (κ2) is 6.46. The summed E-state index contributed by atoms with van der Waals surface area (Å²) in [7, 11) is -2.92. The van der Waals surface area contributed by atoms with E-state index >= 15 is 0 Å². The fourth-order valence-corrected chi connectivity index (χ4v) is 4.19. The Morgan fingerprint density at radius 1 is 1.25 bits per heavy atom. The van der Waals surface area contributed by atoms with E-state index in [4.69, 9.17) is 11.6 Å². The third-order valence-electron chi connectivity index (χ3n) is 4.09. The molecule has 0 amide bonds. The number of benzene rings is 1. The van der Waals surface area contributed by atoms with Crippen LogP contribution in [0.25, 0.3) is 0 Å². The molecule has 3 nitrogen and oxygen atoms in total. The zero-order valence-corrected chi connectivity index (χ0v) is 13.5. The Balaban J connectivity index is 1.97. The molecule has 1 aliphatic carbocycles. The van der Waals surface area contributed by atoms with Crippen LogP contribution in [0.3, 0.4) is 0 Å². The third kappa shape index (κ3) is 4.21. The van der Waals surface area contributed by atoms with Gasteiger partial charge in [0.1, 0.15) is 9.84 Å². The topological polar surface area (TPSA) is 46.2 Å². The first-order valence-electron chi connectivity index (χ1n) is 7.06. The summed E-state index contributed by atoms with van der Waals surface area (Å²) in [6, 6.07) is 8.27. The number of rotatable bonds is 4. The average molecular weight is 316 g/mol. The van der Waals surface area contributed by atoms with Crippen molar-refractivity contribution in [1.29, 1.82) is 0 Å². The maximum absolute atomic E-state index is 11.7. The van der Waals surface area contributed by atoms with Crippen molar-refractivity contribution < 1.29 is 8.42 Å². The maximum atomic E-state index is 11.7. The molecule has 0 aliphatic heterocycles.